The summed E-state index contributed by atoms with van der Waals surface area (Å²) < 4.78 is 0.986. The summed E-state index contributed by atoms with van der Waals surface area (Å²) in [5.74, 6) is 0. The van der Waals surface area contributed by atoms with Gasteiger partial charge in [0.15, 0.2) is 0 Å². The van der Waals surface area contributed by atoms with Crippen LogP contribution in [0.15, 0.2) is 16.6 Å². The van der Waals surface area contributed by atoms with E-state index in [0.29, 0.717) is 0 Å². The minimum atomic E-state index is 0.0486. The minimum Gasteiger partial charge on any atom is -0.398 e. The number of nitrogen functional groups attached to an aromatic ring is 1. The third-order valence-electron chi connectivity index (χ3n) is 4.26. The zero-order chi connectivity index (χ0) is 13.9. The molecule has 3 nitrogen and oxygen atoms in total. The molecular weight excluding hydrogens is 304 g/mol. The molecule has 0 aliphatic heterocycles. The van der Waals surface area contributed by atoms with E-state index in [2.05, 4.69) is 27.3 Å². The van der Waals surface area contributed by atoms with Crippen molar-refractivity contribution in [3.63, 3.8) is 0 Å². The number of aliphatic hydroxyl groups excluding tert-OH is 1. The molecule has 106 valence electrons. The molecule has 0 amide bonds. The Morgan fingerprint density at radius 2 is 2.00 bits per heavy atom. The van der Waals surface area contributed by atoms with E-state index in [9.17, 15) is 5.11 Å². The second-order valence-electron chi connectivity index (χ2n) is 5.76. The van der Waals surface area contributed by atoms with E-state index in [1.807, 2.05) is 13.0 Å². The molecule has 1 aliphatic rings. The first-order valence-electron chi connectivity index (χ1n) is 6.97. The summed E-state index contributed by atoms with van der Waals surface area (Å²) in [7, 11) is 0. The first-order valence-corrected chi connectivity index (χ1v) is 7.76. The van der Waals surface area contributed by atoms with Crippen molar-refractivity contribution in [2.75, 3.05) is 24.2 Å². The second-order valence-corrected chi connectivity index (χ2v) is 6.62. The van der Waals surface area contributed by atoms with Gasteiger partial charge in [-0.1, -0.05) is 19.3 Å². The average molecular weight is 327 g/mol. The molecule has 4 N–H and O–H groups in total. The summed E-state index contributed by atoms with van der Waals surface area (Å²) in [4.78, 5) is 0. The number of rotatable bonds is 4. The maximum Gasteiger partial charge on any atom is 0.0504 e. The highest BCUT2D eigenvalue weighted by atomic mass is 79.9. The Morgan fingerprint density at radius 3 is 2.63 bits per heavy atom. The standard InChI is InChI=1S/C15H23BrN2O/c1-11-7-14(12(16)8-13(11)17)18-9-15(10-19)5-3-2-4-6-15/h7-8,18-19H,2-6,9-10,17H2,1H3. The topological polar surface area (TPSA) is 58.3 Å². The lowest BCUT2D eigenvalue weighted by atomic mass is 9.74. The Kier molecular flexibility index (Phi) is 4.74. The molecule has 0 spiro atoms. The molecule has 0 radical (unpaired) electrons. The van der Waals surface area contributed by atoms with Crippen LogP contribution in [-0.4, -0.2) is 18.3 Å². The monoisotopic (exact) mass is 326 g/mol. The molecule has 19 heavy (non-hydrogen) atoms. The molecule has 0 unspecified atom stereocenters. The number of hydrogen-bond acceptors (Lipinski definition) is 3. The smallest absolute Gasteiger partial charge is 0.0504 e. The van der Waals surface area contributed by atoms with Gasteiger partial charge < -0.3 is 16.2 Å². The van der Waals surface area contributed by atoms with Gasteiger partial charge in [0.25, 0.3) is 0 Å². The summed E-state index contributed by atoms with van der Waals surface area (Å²) in [5.41, 5.74) is 8.87. The highest BCUT2D eigenvalue weighted by molar-refractivity contribution is 9.10. The van der Waals surface area contributed by atoms with Crippen molar-refractivity contribution >= 4 is 27.3 Å². The fraction of sp³-hybridized carbons (Fsp3) is 0.600. The molecule has 0 bridgehead atoms. The second kappa shape index (κ2) is 6.14. The van der Waals surface area contributed by atoms with E-state index in [-0.39, 0.29) is 12.0 Å². The van der Waals surface area contributed by atoms with E-state index < -0.39 is 0 Å². The van der Waals surface area contributed by atoms with Crippen molar-refractivity contribution in [2.45, 2.75) is 39.0 Å². The Labute approximate surface area is 123 Å². The van der Waals surface area contributed by atoms with Gasteiger partial charge >= 0.3 is 0 Å². The van der Waals surface area contributed by atoms with Crippen LogP contribution in [0, 0.1) is 12.3 Å². The van der Waals surface area contributed by atoms with Crippen LogP contribution in [-0.2, 0) is 0 Å². The number of hydrogen-bond donors (Lipinski definition) is 3. The molecule has 0 atom stereocenters. The Morgan fingerprint density at radius 1 is 1.32 bits per heavy atom. The van der Waals surface area contributed by atoms with Gasteiger partial charge in [0.1, 0.15) is 0 Å². The summed E-state index contributed by atoms with van der Waals surface area (Å²) >= 11 is 3.54. The van der Waals surface area contributed by atoms with Crippen LogP contribution in [0.2, 0.25) is 0 Å². The van der Waals surface area contributed by atoms with Gasteiger partial charge in [-0.15, -0.1) is 0 Å². The fourth-order valence-corrected chi connectivity index (χ4v) is 3.31. The first-order chi connectivity index (χ1) is 9.06. The number of benzene rings is 1. The summed E-state index contributed by atoms with van der Waals surface area (Å²) in [6, 6.07) is 4.00. The quantitative estimate of drug-likeness (QED) is 0.739. The van der Waals surface area contributed by atoms with Crippen LogP contribution in [0.5, 0.6) is 0 Å². The van der Waals surface area contributed by atoms with Gasteiger partial charge in [0, 0.05) is 27.8 Å². The third kappa shape index (κ3) is 3.42. The Hall–Kier alpha value is -0.740. The number of aryl methyl sites for hydroxylation is 1. The van der Waals surface area contributed by atoms with Crippen LogP contribution in [0.25, 0.3) is 0 Å². The number of nitrogens with two attached hydrogens (primary N) is 1. The molecule has 1 aromatic rings. The Balaban J connectivity index is 2.07. The molecule has 1 fully saturated rings. The van der Waals surface area contributed by atoms with Gasteiger partial charge in [0.2, 0.25) is 0 Å². The van der Waals surface area contributed by atoms with E-state index in [1.54, 1.807) is 0 Å². The molecule has 0 saturated heterocycles. The van der Waals surface area contributed by atoms with Gasteiger partial charge in [-0.2, -0.15) is 0 Å². The number of anilines is 2. The van der Waals surface area contributed by atoms with Crippen molar-refractivity contribution in [3.05, 3.63) is 22.2 Å². The van der Waals surface area contributed by atoms with Crippen molar-refractivity contribution in [1.29, 1.82) is 0 Å². The van der Waals surface area contributed by atoms with E-state index in [1.165, 1.54) is 19.3 Å². The maximum atomic E-state index is 9.72. The zero-order valence-electron chi connectivity index (χ0n) is 11.5. The molecule has 0 heterocycles. The van der Waals surface area contributed by atoms with Crippen LogP contribution in [0.4, 0.5) is 11.4 Å². The zero-order valence-corrected chi connectivity index (χ0v) is 13.1. The number of aliphatic hydroxyl groups is 1. The summed E-state index contributed by atoms with van der Waals surface area (Å²) in [6.07, 6.45) is 5.98. The van der Waals surface area contributed by atoms with Crippen molar-refractivity contribution in [2.24, 2.45) is 5.41 Å². The molecule has 2 rings (SSSR count). The van der Waals surface area contributed by atoms with Crippen molar-refractivity contribution in [3.8, 4) is 0 Å². The predicted octanol–water partition coefficient (Wildman–Crippen LogP) is 3.69. The Bertz CT molecular complexity index is 442. The van der Waals surface area contributed by atoms with E-state index >= 15 is 0 Å². The third-order valence-corrected chi connectivity index (χ3v) is 4.92. The van der Waals surface area contributed by atoms with Gasteiger partial charge in [-0.05, 0) is 53.4 Å². The van der Waals surface area contributed by atoms with E-state index in [0.717, 1.165) is 40.8 Å². The van der Waals surface area contributed by atoms with Gasteiger partial charge in [-0.3, -0.25) is 0 Å². The predicted molar refractivity (Wildman–Crippen MR) is 84.4 cm³/mol. The minimum absolute atomic E-state index is 0.0486. The molecule has 1 saturated carbocycles. The maximum absolute atomic E-state index is 9.72. The highest BCUT2D eigenvalue weighted by Gasteiger charge is 2.31. The van der Waals surface area contributed by atoms with Crippen LogP contribution < -0.4 is 11.1 Å². The fourth-order valence-electron chi connectivity index (χ4n) is 2.81. The van der Waals surface area contributed by atoms with E-state index in [4.69, 9.17) is 5.73 Å². The van der Waals surface area contributed by atoms with Crippen molar-refractivity contribution < 1.29 is 5.11 Å². The van der Waals surface area contributed by atoms with Gasteiger partial charge in [0.05, 0.1) is 6.61 Å². The van der Waals surface area contributed by atoms with Crippen LogP contribution in [0.1, 0.15) is 37.7 Å². The lowest BCUT2D eigenvalue weighted by Gasteiger charge is -2.36. The summed E-state index contributed by atoms with van der Waals surface area (Å²) in [5, 5.41) is 13.2. The van der Waals surface area contributed by atoms with Crippen LogP contribution >= 0.6 is 15.9 Å². The molecule has 1 aliphatic carbocycles. The number of nitrogens with one attached hydrogen (secondary N) is 1. The van der Waals surface area contributed by atoms with Gasteiger partial charge in [-0.25, -0.2) is 0 Å². The average Bonchev–Trinajstić information content (AvgIpc) is 2.42. The SMILES string of the molecule is Cc1cc(NCC2(CO)CCCCC2)c(Br)cc1N. The first kappa shape index (κ1) is 14.7. The molecule has 1 aromatic carbocycles. The largest absolute Gasteiger partial charge is 0.398 e. The van der Waals surface area contributed by atoms with Crippen molar-refractivity contribution in [1.82, 2.24) is 0 Å². The molecule has 4 heteroatoms. The normalized spacial score (nSPS) is 18.3. The lowest BCUT2D eigenvalue weighted by molar-refractivity contribution is 0.0944. The molecular formula is C15H23BrN2O. The lowest BCUT2D eigenvalue weighted by Crippen LogP contribution is -2.35. The number of halogens is 1. The highest BCUT2D eigenvalue weighted by Crippen LogP contribution is 2.37. The van der Waals surface area contributed by atoms with Crippen LogP contribution in [0.3, 0.4) is 0 Å². The summed E-state index contributed by atoms with van der Waals surface area (Å²) in [6.45, 7) is 3.10. The molecule has 0 aromatic heterocycles.